The number of phosphoric acid groups is 1. The van der Waals surface area contributed by atoms with E-state index in [9.17, 15) is 14.3 Å². The van der Waals surface area contributed by atoms with Crippen LogP contribution in [0.5, 0.6) is 0 Å². The van der Waals surface area contributed by atoms with Gasteiger partial charge in [0.1, 0.15) is 19.3 Å². The van der Waals surface area contributed by atoms with Gasteiger partial charge in [-0.25, -0.2) is 0 Å². The van der Waals surface area contributed by atoms with Crippen LogP contribution in [0.1, 0.15) is 110 Å². The number of rotatable bonds is 6. The van der Waals surface area contributed by atoms with E-state index < -0.39 is 19.9 Å². The molecule has 0 aliphatic carbocycles. The molecule has 0 amide bonds. The highest BCUT2D eigenvalue weighted by atomic mass is 31.2. The van der Waals surface area contributed by atoms with Gasteiger partial charge in [0.05, 0.1) is 33.7 Å². The molecule has 0 radical (unpaired) electrons. The average molecular weight is 544 g/mol. The molecule has 1 aliphatic heterocycles. The fraction of sp³-hybridized carbons (Fsp3) is 0.828. The first-order valence-electron chi connectivity index (χ1n) is 14.5. The summed E-state index contributed by atoms with van der Waals surface area (Å²) < 4.78 is 29.0. The van der Waals surface area contributed by atoms with Crippen LogP contribution in [0.15, 0.2) is 24.3 Å². The van der Waals surface area contributed by atoms with Crippen molar-refractivity contribution in [3.8, 4) is 0 Å². The summed E-state index contributed by atoms with van der Waals surface area (Å²) in [6.07, 6.45) is 23.7. The Kier molecular flexibility index (Phi) is 18.4. The summed E-state index contributed by atoms with van der Waals surface area (Å²) in [5.74, 6) is -0.436. The van der Waals surface area contributed by atoms with E-state index in [4.69, 9.17) is 13.8 Å². The Hall–Kier alpha value is -0.980. The molecule has 0 bridgehead atoms. The Labute approximate surface area is 226 Å². The maximum absolute atomic E-state index is 12.6. The fourth-order valence-electron chi connectivity index (χ4n) is 4.22. The number of cyclic esters (lactones) is 1. The van der Waals surface area contributed by atoms with E-state index in [1.165, 1.54) is 51.4 Å². The third-order valence-electron chi connectivity index (χ3n) is 6.46. The molecule has 0 N–H and O–H groups in total. The molecule has 3 atom stereocenters. The second kappa shape index (κ2) is 20.0. The zero-order valence-corrected chi connectivity index (χ0v) is 24.9. The number of esters is 1. The minimum absolute atomic E-state index is 0.0423. The smallest absolute Gasteiger partial charge is 0.308 e. The predicted molar refractivity (Wildman–Crippen MR) is 149 cm³/mol. The summed E-state index contributed by atoms with van der Waals surface area (Å²) in [6, 6.07) is 0. The molecule has 0 saturated carbocycles. The zero-order valence-electron chi connectivity index (χ0n) is 24.0. The maximum atomic E-state index is 12.6. The Morgan fingerprint density at radius 2 is 1.43 bits per heavy atom. The minimum Gasteiger partial charge on any atom is -0.756 e. The largest absolute Gasteiger partial charge is 0.756 e. The van der Waals surface area contributed by atoms with Crippen LogP contribution in [0.3, 0.4) is 0 Å². The van der Waals surface area contributed by atoms with Gasteiger partial charge in [0.15, 0.2) is 0 Å². The minimum atomic E-state index is -4.51. The Balaban J connectivity index is 2.65. The molecule has 0 aromatic heterocycles. The van der Waals surface area contributed by atoms with Crippen molar-refractivity contribution in [1.29, 1.82) is 0 Å². The van der Waals surface area contributed by atoms with Gasteiger partial charge in [-0.3, -0.25) is 9.36 Å². The van der Waals surface area contributed by atoms with Crippen LogP contribution in [0, 0.1) is 0 Å². The number of allylic oxidation sites excluding steroid dienone is 3. The van der Waals surface area contributed by atoms with Crippen molar-refractivity contribution in [3.63, 3.8) is 0 Å². The summed E-state index contributed by atoms with van der Waals surface area (Å²) in [6.45, 7) is 2.43. The standard InChI is InChI=1S/C29H54NO6P/c1-27-22-20-18-16-14-12-10-8-6-5-7-9-11-13-15-17-19-21-23-28(26-29(31)35-27)36-37(32,33)34-25-24-30(2,3)4/h10,12,18,20,27-28H,5-9,11,13-17,19,21-26H2,1-4H3/b12-10+,20-18+/t27-,28-/m0/s1. The lowest BCUT2D eigenvalue weighted by molar-refractivity contribution is -0.870. The SMILES string of the molecule is C[C@H]1C/C=C/CC/C=C/CCCCCCCCCCCC[C@H](OP(=O)([O-])OCC[N+](C)(C)C)CC(=O)O1. The Morgan fingerprint density at radius 3 is 2.05 bits per heavy atom. The third-order valence-corrected chi connectivity index (χ3v) is 7.52. The number of ether oxygens (including phenoxy) is 1. The molecule has 8 heteroatoms. The quantitative estimate of drug-likeness (QED) is 0.157. The van der Waals surface area contributed by atoms with E-state index in [1.807, 2.05) is 34.1 Å². The number of hydrogen-bond donors (Lipinski definition) is 0. The molecular formula is C29H54NO6P. The van der Waals surface area contributed by atoms with Crippen molar-refractivity contribution >= 4 is 13.8 Å². The van der Waals surface area contributed by atoms with Gasteiger partial charge < -0.3 is 23.2 Å². The number of quaternary nitrogens is 1. The van der Waals surface area contributed by atoms with Crippen molar-refractivity contribution < 1.29 is 32.5 Å². The summed E-state index contributed by atoms with van der Waals surface area (Å²) >= 11 is 0. The fourth-order valence-corrected chi connectivity index (χ4v) is 5.13. The Morgan fingerprint density at radius 1 is 0.892 bits per heavy atom. The second-order valence-corrected chi connectivity index (χ2v) is 12.8. The van der Waals surface area contributed by atoms with Crippen molar-refractivity contribution in [1.82, 2.24) is 0 Å². The van der Waals surface area contributed by atoms with Gasteiger partial charge >= 0.3 is 5.97 Å². The first-order valence-corrected chi connectivity index (χ1v) is 16.0. The molecule has 216 valence electrons. The summed E-state index contributed by atoms with van der Waals surface area (Å²) in [5.41, 5.74) is 0. The van der Waals surface area contributed by atoms with Gasteiger partial charge in [0, 0.05) is 6.42 Å². The molecule has 0 spiro atoms. The van der Waals surface area contributed by atoms with Crippen LogP contribution in [0.2, 0.25) is 0 Å². The molecule has 0 aromatic rings. The molecule has 0 fully saturated rings. The van der Waals surface area contributed by atoms with Crippen molar-refractivity contribution in [2.24, 2.45) is 0 Å². The lowest BCUT2D eigenvalue weighted by atomic mass is 10.0. The number of carbonyl (C=O) groups excluding carboxylic acids is 1. The number of hydrogen-bond acceptors (Lipinski definition) is 6. The molecule has 1 heterocycles. The summed E-state index contributed by atoms with van der Waals surface area (Å²) in [4.78, 5) is 25.0. The van der Waals surface area contributed by atoms with Crippen LogP contribution in [0.4, 0.5) is 0 Å². The lowest BCUT2D eigenvalue weighted by Crippen LogP contribution is -2.37. The predicted octanol–water partition coefficient (Wildman–Crippen LogP) is 6.86. The van der Waals surface area contributed by atoms with Crippen molar-refractivity contribution in [2.45, 2.75) is 122 Å². The highest BCUT2D eigenvalue weighted by Gasteiger charge is 2.23. The van der Waals surface area contributed by atoms with Gasteiger partial charge in [-0.1, -0.05) is 82.1 Å². The van der Waals surface area contributed by atoms with E-state index >= 15 is 0 Å². The van der Waals surface area contributed by atoms with Gasteiger partial charge in [-0.2, -0.15) is 0 Å². The molecule has 1 aliphatic rings. The van der Waals surface area contributed by atoms with Crippen LogP contribution >= 0.6 is 7.82 Å². The number of nitrogens with zero attached hydrogens (tertiary/aromatic N) is 1. The van der Waals surface area contributed by atoms with E-state index in [2.05, 4.69) is 18.2 Å². The molecule has 0 saturated heterocycles. The monoisotopic (exact) mass is 543 g/mol. The zero-order chi connectivity index (χ0) is 27.4. The Bertz CT molecular complexity index is 703. The number of phosphoric ester groups is 1. The highest BCUT2D eigenvalue weighted by molar-refractivity contribution is 7.45. The van der Waals surface area contributed by atoms with Crippen molar-refractivity contribution in [2.75, 3.05) is 34.3 Å². The van der Waals surface area contributed by atoms with Crippen molar-refractivity contribution in [3.05, 3.63) is 24.3 Å². The van der Waals surface area contributed by atoms with Gasteiger partial charge in [0.2, 0.25) is 0 Å². The topological polar surface area (TPSA) is 84.9 Å². The number of carbonyl (C=O) groups is 1. The lowest BCUT2D eigenvalue weighted by Gasteiger charge is -2.30. The summed E-state index contributed by atoms with van der Waals surface area (Å²) in [7, 11) is 1.37. The van der Waals surface area contributed by atoms with Crippen LogP contribution in [-0.4, -0.2) is 57.0 Å². The van der Waals surface area contributed by atoms with Crippen LogP contribution < -0.4 is 4.89 Å². The second-order valence-electron chi connectivity index (χ2n) is 11.4. The van der Waals surface area contributed by atoms with Gasteiger partial charge in [-0.05, 0) is 39.0 Å². The molecule has 7 nitrogen and oxygen atoms in total. The molecule has 1 rings (SSSR count). The van der Waals surface area contributed by atoms with E-state index in [1.54, 1.807) is 0 Å². The first-order chi connectivity index (χ1) is 17.6. The molecule has 37 heavy (non-hydrogen) atoms. The van der Waals surface area contributed by atoms with Crippen LogP contribution in [-0.2, 0) is 23.1 Å². The molecule has 1 unspecified atom stereocenters. The van der Waals surface area contributed by atoms with E-state index in [-0.39, 0.29) is 19.1 Å². The third kappa shape index (κ3) is 21.6. The van der Waals surface area contributed by atoms with Gasteiger partial charge in [-0.15, -0.1) is 0 Å². The molecular weight excluding hydrogens is 489 g/mol. The molecule has 0 aromatic carbocycles. The van der Waals surface area contributed by atoms with Crippen LogP contribution in [0.25, 0.3) is 0 Å². The normalized spacial score (nSPS) is 26.8. The highest BCUT2D eigenvalue weighted by Crippen LogP contribution is 2.41. The average Bonchev–Trinajstić information content (AvgIpc) is 2.78. The maximum Gasteiger partial charge on any atom is 0.308 e. The van der Waals surface area contributed by atoms with E-state index in [0.717, 1.165) is 32.1 Å². The van der Waals surface area contributed by atoms with Gasteiger partial charge in [0.25, 0.3) is 7.82 Å². The first kappa shape index (κ1) is 34.0. The van der Waals surface area contributed by atoms with E-state index in [0.29, 0.717) is 23.9 Å². The summed E-state index contributed by atoms with van der Waals surface area (Å²) in [5, 5.41) is 0. The number of likely N-dealkylation sites (N-methyl/N-ethyl adjacent to an activating group) is 1.